The van der Waals surface area contributed by atoms with Gasteiger partial charge in [0.1, 0.15) is 0 Å². The van der Waals surface area contributed by atoms with Crippen molar-refractivity contribution in [1.82, 2.24) is 0 Å². The summed E-state index contributed by atoms with van der Waals surface area (Å²) in [6.07, 6.45) is -0.731. The van der Waals surface area contributed by atoms with Crippen molar-refractivity contribution in [2.75, 3.05) is 12.4 Å². The summed E-state index contributed by atoms with van der Waals surface area (Å²) in [6.45, 7) is 0. The second-order valence-corrected chi connectivity index (χ2v) is 2.25. The number of ether oxygens (including phenoxy) is 1. The second-order valence-electron chi connectivity index (χ2n) is 2.25. The summed E-state index contributed by atoms with van der Waals surface area (Å²) in [6, 6.07) is 3.02. The highest BCUT2D eigenvalue weighted by molar-refractivity contribution is 5.84. The summed E-state index contributed by atoms with van der Waals surface area (Å²) < 4.78 is 29.2. The monoisotopic (exact) mass is 187 g/mol. The molecule has 0 unspecified atom stereocenters. The van der Waals surface area contributed by atoms with Crippen molar-refractivity contribution < 1.29 is 18.3 Å². The average Bonchev–Trinajstić information content (AvgIpc) is 2.11. The molecule has 0 aliphatic carbocycles. The van der Waals surface area contributed by atoms with E-state index in [4.69, 9.17) is 0 Å². The molecule has 0 aromatic heterocycles. The number of hydrogen-bond acceptors (Lipinski definition) is 2. The van der Waals surface area contributed by atoms with Crippen LogP contribution in [0.15, 0.2) is 18.2 Å². The zero-order valence-electron chi connectivity index (χ0n) is 6.80. The quantitative estimate of drug-likeness (QED) is 0.731. The zero-order valence-corrected chi connectivity index (χ0v) is 6.80. The van der Waals surface area contributed by atoms with Crippen LogP contribution in [0.3, 0.4) is 0 Å². The lowest BCUT2D eigenvalue weighted by Crippen LogP contribution is -2.11. The summed E-state index contributed by atoms with van der Waals surface area (Å²) in [5, 5.41) is 2.19. The molecule has 5 heteroatoms. The molecule has 1 amide bonds. The predicted molar refractivity (Wildman–Crippen MR) is 42.4 cm³/mol. The maximum Gasteiger partial charge on any atom is 0.411 e. The lowest BCUT2D eigenvalue weighted by Gasteiger charge is -2.02. The van der Waals surface area contributed by atoms with Gasteiger partial charge in [-0.05, 0) is 12.1 Å². The predicted octanol–water partition coefficient (Wildman–Crippen LogP) is 2.14. The SMILES string of the molecule is COC(=O)Nc1ccc(F)c(F)c1. The van der Waals surface area contributed by atoms with Crippen LogP contribution in [-0.2, 0) is 4.74 Å². The lowest BCUT2D eigenvalue weighted by molar-refractivity contribution is 0.187. The summed E-state index contributed by atoms with van der Waals surface area (Å²) in [5.74, 6) is -1.98. The van der Waals surface area contributed by atoms with E-state index in [0.29, 0.717) is 0 Å². The molecule has 0 bridgehead atoms. The van der Waals surface area contributed by atoms with Crippen LogP contribution in [0.25, 0.3) is 0 Å². The Bertz CT molecular complexity index is 328. The number of halogens is 2. The van der Waals surface area contributed by atoms with Crippen LogP contribution in [0.5, 0.6) is 0 Å². The Labute approximate surface area is 73.3 Å². The van der Waals surface area contributed by atoms with Gasteiger partial charge in [0.15, 0.2) is 11.6 Å². The van der Waals surface area contributed by atoms with E-state index in [9.17, 15) is 13.6 Å². The molecule has 0 fully saturated rings. The van der Waals surface area contributed by atoms with Crippen molar-refractivity contribution in [2.24, 2.45) is 0 Å². The van der Waals surface area contributed by atoms with Crippen LogP contribution < -0.4 is 5.32 Å². The van der Waals surface area contributed by atoms with Crippen molar-refractivity contribution in [3.63, 3.8) is 0 Å². The van der Waals surface area contributed by atoms with E-state index in [1.165, 1.54) is 13.2 Å². The van der Waals surface area contributed by atoms with Gasteiger partial charge in [-0.15, -0.1) is 0 Å². The van der Waals surface area contributed by atoms with Gasteiger partial charge in [-0.25, -0.2) is 13.6 Å². The number of anilines is 1. The molecule has 0 atom stereocenters. The fourth-order valence-electron chi connectivity index (χ4n) is 0.743. The Morgan fingerprint density at radius 2 is 2.08 bits per heavy atom. The largest absolute Gasteiger partial charge is 0.453 e. The third kappa shape index (κ3) is 2.40. The van der Waals surface area contributed by atoms with Crippen LogP contribution in [0.4, 0.5) is 19.3 Å². The number of rotatable bonds is 1. The molecule has 3 nitrogen and oxygen atoms in total. The van der Waals surface area contributed by atoms with Crippen LogP contribution in [0.1, 0.15) is 0 Å². The molecule has 0 saturated carbocycles. The minimum Gasteiger partial charge on any atom is -0.453 e. The minimum atomic E-state index is -1.02. The van der Waals surface area contributed by atoms with Gasteiger partial charge in [0.05, 0.1) is 7.11 Å². The average molecular weight is 187 g/mol. The summed E-state index contributed by atoms with van der Waals surface area (Å²) in [5.41, 5.74) is 0.144. The van der Waals surface area contributed by atoms with Crippen LogP contribution in [-0.4, -0.2) is 13.2 Å². The first kappa shape index (κ1) is 9.44. The Kier molecular flexibility index (Phi) is 2.79. The highest BCUT2D eigenvalue weighted by Gasteiger charge is 2.04. The standard InChI is InChI=1S/C8H7F2NO2/c1-13-8(12)11-5-2-3-6(9)7(10)4-5/h2-4H,1H3,(H,11,12). The maximum atomic E-state index is 12.6. The number of amides is 1. The molecule has 0 spiro atoms. The zero-order chi connectivity index (χ0) is 9.84. The number of nitrogens with one attached hydrogen (secondary N) is 1. The third-order valence-corrected chi connectivity index (χ3v) is 1.35. The molecular weight excluding hydrogens is 180 g/mol. The van der Waals surface area contributed by atoms with Crippen molar-refractivity contribution in [3.8, 4) is 0 Å². The van der Waals surface area contributed by atoms with E-state index in [0.717, 1.165) is 12.1 Å². The van der Waals surface area contributed by atoms with E-state index < -0.39 is 17.7 Å². The molecule has 0 saturated heterocycles. The van der Waals surface area contributed by atoms with E-state index in [1.54, 1.807) is 0 Å². The van der Waals surface area contributed by atoms with Gasteiger partial charge >= 0.3 is 6.09 Å². The normalized spacial score (nSPS) is 9.46. The fraction of sp³-hybridized carbons (Fsp3) is 0.125. The number of methoxy groups -OCH3 is 1. The molecule has 1 aromatic carbocycles. The van der Waals surface area contributed by atoms with Crippen molar-refractivity contribution in [3.05, 3.63) is 29.8 Å². The molecule has 70 valence electrons. The second kappa shape index (κ2) is 3.84. The maximum absolute atomic E-state index is 12.6. The molecule has 1 aromatic rings. The Balaban J connectivity index is 2.79. The van der Waals surface area contributed by atoms with Gasteiger partial charge < -0.3 is 4.74 Å². The fourth-order valence-corrected chi connectivity index (χ4v) is 0.743. The Morgan fingerprint density at radius 3 is 2.62 bits per heavy atom. The molecule has 0 aliphatic heterocycles. The molecule has 0 heterocycles. The van der Waals surface area contributed by atoms with Gasteiger partial charge in [-0.1, -0.05) is 0 Å². The van der Waals surface area contributed by atoms with Gasteiger partial charge in [-0.2, -0.15) is 0 Å². The molecular formula is C8H7F2NO2. The summed E-state index contributed by atoms with van der Waals surface area (Å²) in [4.78, 5) is 10.6. The first-order valence-electron chi connectivity index (χ1n) is 3.43. The molecule has 0 radical (unpaired) electrons. The lowest BCUT2D eigenvalue weighted by atomic mass is 10.3. The summed E-state index contributed by atoms with van der Waals surface area (Å²) in [7, 11) is 1.18. The molecule has 13 heavy (non-hydrogen) atoms. The van der Waals surface area contributed by atoms with Gasteiger partial charge in [0.25, 0.3) is 0 Å². The highest BCUT2D eigenvalue weighted by atomic mass is 19.2. The first-order valence-corrected chi connectivity index (χ1v) is 3.43. The first-order chi connectivity index (χ1) is 6.13. The number of hydrogen-bond donors (Lipinski definition) is 1. The molecule has 1 N–H and O–H groups in total. The van der Waals surface area contributed by atoms with Crippen LogP contribution in [0.2, 0.25) is 0 Å². The van der Waals surface area contributed by atoms with Crippen molar-refractivity contribution in [2.45, 2.75) is 0 Å². The smallest absolute Gasteiger partial charge is 0.411 e. The van der Waals surface area contributed by atoms with Gasteiger partial charge in [0, 0.05) is 11.8 Å². The van der Waals surface area contributed by atoms with Crippen LogP contribution >= 0.6 is 0 Å². The van der Waals surface area contributed by atoms with Crippen molar-refractivity contribution >= 4 is 11.8 Å². The molecule has 0 aliphatic rings. The van der Waals surface area contributed by atoms with Gasteiger partial charge in [0.2, 0.25) is 0 Å². The number of carbonyl (C=O) groups is 1. The van der Waals surface area contributed by atoms with E-state index in [1.807, 2.05) is 0 Å². The van der Waals surface area contributed by atoms with Crippen molar-refractivity contribution in [1.29, 1.82) is 0 Å². The van der Waals surface area contributed by atoms with Gasteiger partial charge in [-0.3, -0.25) is 5.32 Å². The number of carbonyl (C=O) groups excluding carboxylic acids is 1. The Hall–Kier alpha value is -1.65. The highest BCUT2D eigenvalue weighted by Crippen LogP contribution is 2.12. The van der Waals surface area contributed by atoms with E-state index >= 15 is 0 Å². The minimum absolute atomic E-state index is 0.144. The summed E-state index contributed by atoms with van der Waals surface area (Å²) >= 11 is 0. The molecule has 1 rings (SSSR count). The topological polar surface area (TPSA) is 38.3 Å². The van der Waals surface area contributed by atoms with E-state index in [2.05, 4.69) is 10.1 Å². The number of benzene rings is 1. The van der Waals surface area contributed by atoms with Crippen LogP contribution in [0, 0.1) is 11.6 Å². The Morgan fingerprint density at radius 1 is 1.38 bits per heavy atom. The van der Waals surface area contributed by atoms with E-state index in [-0.39, 0.29) is 5.69 Å². The third-order valence-electron chi connectivity index (χ3n) is 1.35.